The number of hydrogen-bond acceptors (Lipinski definition) is 5. The maximum absolute atomic E-state index is 12.1. The Balaban J connectivity index is 1.59. The van der Waals surface area contributed by atoms with Gasteiger partial charge in [0.25, 0.3) is 5.91 Å². The van der Waals surface area contributed by atoms with Crippen LogP contribution >= 0.6 is 27.5 Å². The van der Waals surface area contributed by atoms with Crippen molar-refractivity contribution in [1.29, 1.82) is 0 Å². The molecule has 1 amide bonds. The zero-order valence-corrected chi connectivity index (χ0v) is 20.5. The molecule has 172 valence electrons. The van der Waals surface area contributed by atoms with Gasteiger partial charge in [-0.15, -0.1) is 0 Å². The van der Waals surface area contributed by atoms with Crippen molar-refractivity contribution in [3.05, 3.63) is 57.0 Å². The lowest BCUT2D eigenvalue weighted by Crippen LogP contribution is -2.38. The lowest BCUT2D eigenvalue weighted by atomic mass is 9.95. The van der Waals surface area contributed by atoms with Gasteiger partial charge >= 0.3 is 0 Å². The number of rotatable bonds is 10. The summed E-state index contributed by atoms with van der Waals surface area (Å²) in [6.07, 6.45) is 7.60. The molecule has 0 unspecified atom stereocenters. The predicted molar refractivity (Wildman–Crippen MR) is 132 cm³/mol. The van der Waals surface area contributed by atoms with E-state index in [9.17, 15) is 4.79 Å². The van der Waals surface area contributed by atoms with Crippen LogP contribution in [-0.2, 0) is 11.4 Å². The Hall–Kier alpha value is -2.09. The fourth-order valence-electron chi connectivity index (χ4n) is 3.59. The summed E-state index contributed by atoms with van der Waals surface area (Å²) in [6.45, 7) is 2.98. The van der Waals surface area contributed by atoms with Gasteiger partial charge in [0.15, 0.2) is 11.5 Å². The first-order valence-corrected chi connectivity index (χ1v) is 12.1. The van der Waals surface area contributed by atoms with E-state index in [-0.39, 0.29) is 12.5 Å². The van der Waals surface area contributed by atoms with Gasteiger partial charge < -0.3 is 14.8 Å². The Labute approximate surface area is 202 Å². The molecule has 32 heavy (non-hydrogen) atoms. The number of nitrogens with one attached hydrogen (secondary N) is 2. The molecular weight excluding hydrogens is 494 g/mol. The molecule has 0 saturated heterocycles. The van der Waals surface area contributed by atoms with Crippen molar-refractivity contribution in [1.82, 2.24) is 10.7 Å². The van der Waals surface area contributed by atoms with Gasteiger partial charge in [0.05, 0.1) is 23.8 Å². The zero-order chi connectivity index (χ0) is 22.8. The van der Waals surface area contributed by atoms with Crippen molar-refractivity contribution >= 4 is 39.7 Å². The number of carbonyl (C=O) groups is 1. The van der Waals surface area contributed by atoms with Crippen LogP contribution < -0.4 is 20.2 Å². The molecule has 0 heterocycles. The SMILES string of the molecule is CCOc1cc(/C=N\NC(=O)CNC2CCCCC2)cc(Br)c1OCc1ccccc1Cl. The first kappa shape index (κ1) is 24.6. The van der Waals surface area contributed by atoms with Crippen LogP contribution in [0.1, 0.15) is 50.2 Å². The third kappa shape index (κ3) is 7.50. The molecule has 1 aliphatic carbocycles. The summed E-state index contributed by atoms with van der Waals surface area (Å²) in [5, 5.41) is 8.04. The molecule has 2 N–H and O–H groups in total. The third-order valence-electron chi connectivity index (χ3n) is 5.22. The van der Waals surface area contributed by atoms with E-state index >= 15 is 0 Å². The number of carbonyl (C=O) groups excluding carboxylic acids is 1. The fraction of sp³-hybridized carbons (Fsp3) is 0.417. The quantitative estimate of drug-likeness (QED) is 0.321. The van der Waals surface area contributed by atoms with E-state index in [4.69, 9.17) is 21.1 Å². The standard InChI is InChI=1S/C24H29BrClN3O3/c1-2-31-22-13-17(14-28-29-23(30)15-27-19-9-4-3-5-10-19)12-20(25)24(22)32-16-18-8-6-7-11-21(18)26/h6-8,11-14,19,27H,2-5,9-10,15-16H2,1H3,(H,29,30)/b28-14-. The third-order valence-corrected chi connectivity index (χ3v) is 6.18. The largest absolute Gasteiger partial charge is 0.490 e. The summed E-state index contributed by atoms with van der Waals surface area (Å²) < 4.78 is 12.5. The van der Waals surface area contributed by atoms with Crippen molar-refractivity contribution < 1.29 is 14.3 Å². The summed E-state index contributed by atoms with van der Waals surface area (Å²) >= 11 is 9.78. The number of ether oxygens (including phenoxy) is 2. The molecule has 8 heteroatoms. The highest BCUT2D eigenvalue weighted by Gasteiger charge is 2.14. The molecule has 6 nitrogen and oxygen atoms in total. The topological polar surface area (TPSA) is 72.0 Å². The second-order valence-electron chi connectivity index (χ2n) is 7.65. The molecule has 0 bridgehead atoms. The van der Waals surface area contributed by atoms with E-state index in [2.05, 4.69) is 31.8 Å². The minimum absolute atomic E-state index is 0.157. The van der Waals surface area contributed by atoms with Gasteiger partial charge in [-0.2, -0.15) is 5.10 Å². The van der Waals surface area contributed by atoms with Crippen LogP contribution in [0, 0.1) is 0 Å². The molecule has 3 rings (SSSR count). The minimum Gasteiger partial charge on any atom is -0.490 e. The molecular formula is C24H29BrClN3O3. The van der Waals surface area contributed by atoms with Crippen molar-refractivity contribution in [3.63, 3.8) is 0 Å². The van der Waals surface area contributed by atoms with E-state index < -0.39 is 0 Å². The van der Waals surface area contributed by atoms with Crippen molar-refractivity contribution in [2.24, 2.45) is 5.10 Å². The van der Waals surface area contributed by atoms with Crippen LogP contribution in [0.5, 0.6) is 11.5 Å². The molecule has 0 radical (unpaired) electrons. The molecule has 0 aromatic heterocycles. The fourth-order valence-corrected chi connectivity index (χ4v) is 4.36. The molecule has 1 aliphatic rings. The number of hydrazone groups is 1. The summed E-state index contributed by atoms with van der Waals surface area (Å²) in [6, 6.07) is 11.7. The van der Waals surface area contributed by atoms with Gasteiger partial charge in [-0.05, 0) is 59.5 Å². The molecule has 1 fully saturated rings. The van der Waals surface area contributed by atoms with Crippen LogP contribution in [0.3, 0.4) is 0 Å². The Bertz CT molecular complexity index is 933. The predicted octanol–water partition coefficient (Wildman–Crippen LogP) is 5.45. The lowest BCUT2D eigenvalue weighted by Gasteiger charge is -2.22. The van der Waals surface area contributed by atoms with Crippen LogP contribution in [0.15, 0.2) is 46.0 Å². The van der Waals surface area contributed by atoms with Crippen molar-refractivity contribution in [3.8, 4) is 11.5 Å². The Kier molecular flexibility index (Phi) is 9.84. The minimum atomic E-state index is -0.157. The summed E-state index contributed by atoms with van der Waals surface area (Å²) in [4.78, 5) is 12.1. The molecule has 2 aromatic carbocycles. The molecule has 0 atom stereocenters. The van der Waals surface area contributed by atoms with Crippen molar-refractivity contribution in [2.45, 2.75) is 51.7 Å². The molecule has 0 spiro atoms. The summed E-state index contributed by atoms with van der Waals surface area (Å²) in [5.41, 5.74) is 4.23. The average molecular weight is 523 g/mol. The van der Waals surface area contributed by atoms with E-state index in [1.165, 1.54) is 19.3 Å². The number of halogens is 2. The van der Waals surface area contributed by atoms with Crippen LogP contribution in [0.2, 0.25) is 5.02 Å². The summed E-state index contributed by atoms with van der Waals surface area (Å²) in [7, 11) is 0. The van der Waals surface area contributed by atoms with Gasteiger partial charge in [0.1, 0.15) is 6.61 Å². The second kappa shape index (κ2) is 12.8. The first-order valence-electron chi connectivity index (χ1n) is 10.9. The van der Waals surface area contributed by atoms with Gasteiger partial charge in [-0.1, -0.05) is 49.1 Å². The Morgan fingerprint density at radius 1 is 1.22 bits per heavy atom. The molecule has 0 aliphatic heterocycles. The van der Waals surface area contributed by atoms with Gasteiger partial charge in [-0.3, -0.25) is 4.79 Å². The first-order chi connectivity index (χ1) is 15.6. The van der Waals surface area contributed by atoms with E-state index in [0.29, 0.717) is 35.8 Å². The zero-order valence-electron chi connectivity index (χ0n) is 18.2. The summed E-state index contributed by atoms with van der Waals surface area (Å²) in [5.74, 6) is 1.01. The van der Waals surface area contributed by atoms with Crippen molar-refractivity contribution in [2.75, 3.05) is 13.2 Å². The monoisotopic (exact) mass is 521 g/mol. The Morgan fingerprint density at radius 3 is 2.75 bits per heavy atom. The number of benzene rings is 2. The van der Waals surface area contributed by atoms with E-state index in [1.54, 1.807) is 6.21 Å². The maximum Gasteiger partial charge on any atom is 0.254 e. The molecule has 2 aromatic rings. The second-order valence-corrected chi connectivity index (χ2v) is 8.91. The highest BCUT2D eigenvalue weighted by atomic mass is 79.9. The van der Waals surface area contributed by atoms with Gasteiger partial charge in [0.2, 0.25) is 0 Å². The average Bonchev–Trinajstić information content (AvgIpc) is 2.79. The normalized spacial score (nSPS) is 14.5. The number of hydrogen-bond donors (Lipinski definition) is 2. The highest BCUT2D eigenvalue weighted by molar-refractivity contribution is 9.10. The van der Waals surface area contributed by atoms with Gasteiger partial charge in [0, 0.05) is 16.6 Å². The molecule has 1 saturated carbocycles. The highest BCUT2D eigenvalue weighted by Crippen LogP contribution is 2.37. The van der Waals surface area contributed by atoms with Crippen LogP contribution in [0.4, 0.5) is 0 Å². The van der Waals surface area contributed by atoms with E-state index in [0.717, 1.165) is 28.4 Å². The lowest BCUT2D eigenvalue weighted by molar-refractivity contribution is -0.120. The maximum atomic E-state index is 12.1. The number of nitrogens with zero attached hydrogens (tertiary/aromatic N) is 1. The van der Waals surface area contributed by atoms with Crippen LogP contribution in [-0.4, -0.2) is 31.3 Å². The Morgan fingerprint density at radius 2 is 2.00 bits per heavy atom. The smallest absolute Gasteiger partial charge is 0.254 e. The van der Waals surface area contributed by atoms with Gasteiger partial charge in [-0.25, -0.2) is 5.43 Å². The van der Waals surface area contributed by atoms with Crippen LogP contribution in [0.25, 0.3) is 0 Å². The van der Waals surface area contributed by atoms with E-state index in [1.807, 2.05) is 43.3 Å². The number of amides is 1.